The van der Waals surface area contributed by atoms with Gasteiger partial charge in [0.15, 0.2) is 0 Å². The molecule has 0 fully saturated rings. The maximum Gasteiger partial charge on any atom is 0.407 e. The van der Waals surface area contributed by atoms with Gasteiger partial charge >= 0.3 is 12.1 Å². The van der Waals surface area contributed by atoms with E-state index in [1.54, 1.807) is 0 Å². The number of carboxylic acids is 1. The topological polar surface area (TPSA) is 105 Å². The van der Waals surface area contributed by atoms with E-state index in [9.17, 15) is 19.5 Å². The van der Waals surface area contributed by atoms with Gasteiger partial charge in [-0.05, 0) is 57.3 Å². The average Bonchev–Trinajstić information content (AvgIpc) is 3.49. The molecule has 2 aliphatic rings. The van der Waals surface area contributed by atoms with Crippen LogP contribution in [0.15, 0.2) is 97.1 Å². The first-order valence-corrected chi connectivity index (χ1v) is 13.7. The number of hydrogen-bond acceptors (Lipinski definition) is 6. The van der Waals surface area contributed by atoms with E-state index in [0.717, 1.165) is 44.5 Å². The quantitative estimate of drug-likeness (QED) is 0.303. The van der Waals surface area contributed by atoms with Crippen LogP contribution in [0, 0.1) is 0 Å². The Bertz CT molecular complexity index is 1540. The van der Waals surface area contributed by atoms with Crippen molar-refractivity contribution in [3.05, 3.63) is 119 Å². The number of fused-ring (bicyclic) bond motifs is 6. The molecule has 1 amide bonds. The fourth-order valence-electron chi connectivity index (χ4n) is 6.00. The summed E-state index contributed by atoms with van der Waals surface area (Å²) in [6.45, 7) is 0.124. The minimum Gasteiger partial charge on any atom is -0.550 e. The van der Waals surface area contributed by atoms with Gasteiger partial charge < -0.3 is 24.7 Å². The Labute approximate surface area is 237 Å². The summed E-state index contributed by atoms with van der Waals surface area (Å²) in [7, 11) is 0. The van der Waals surface area contributed by atoms with Crippen molar-refractivity contribution in [3.63, 3.8) is 0 Å². The minimum atomic E-state index is -1.32. The lowest BCUT2D eigenvalue weighted by Gasteiger charge is -2.21. The highest BCUT2D eigenvalue weighted by Crippen LogP contribution is 2.45. The third kappa shape index (κ3) is 5.18. The van der Waals surface area contributed by atoms with Crippen molar-refractivity contribution in [2.24, 2.45) is 0 Å². The van der Waals surface area contributed by atoms with Crippen LogP contribution in [-0.4, -0.2) is 37.3 Å². The summed E-state index contributed by atoms with van der Waals surface area (Å²) in [5.41, 5.74) is 8.61. The van der Waals surface area contributed by atoms with E-state index in [-0.39, 0.29) is 31.5 Å². The van der Waals surface area contributed by atoms with E-state index in [4.69, 9.17) is 9.47 Å². The van der Waals surface area contributed by atoms with Crippen LogP contribution in [0.3, 0.4) is 0 Å². The van der Waals surface area contributed by atoms with Gasteiger partial charge in [-0.15, -0.1) is 0 Å². The number of carbonyl (C=O) groups excluding carboxylic acids is 3. The third-order valence-electron chi connectivity index (χ3n) is 7.91. The fraction of sp³-hybridized carbons (Fsp3) is 0.206. The smallest absolute Gasteiger partial charge is 0.407 e. The lowest BCUT2D eigenvalue weighted by atomic mass is 9.98. The predicted octanol–water partition coefficient (Wildman–Crippen LogP) is 4.78. The Morgan fingerprint density at radius 1 is 0.634 bits per heavy atom. The largest absolute Gasteiger partial charge is 0.550 e. The molecule has 4 aromatic rings. The summed E-state index contributed by atoms with van der Waals surface area (Å²) >= 11 is 0. The zero-order chi connectivity index (χ0) is 28.3. The van der Waals surface area contributed by atoms with Gasteiger partial charge in [-0.25, -0.2) is 9.59 Å². The van der Waals surface area contributed by atoms with Crippen LogP contribution in [0.5, 0.6) is 0 Å². The Kier molecular flexibility index (Phi) is 7.25. The Morgan fingerprint density at radius 3 is 1.44 bits per heavy atom. The number of rotatable bonds is 9. The molecule has 0 aromatic heterocycles. The zero-order valence-electron chi connectivity index (χ0n) is 22.2. The first kappa shape index (κ1) is 26.3. The first-order chi connectivity index (χ1) is 20.0. The van der Waals surface area contributed by atoms with Gasteiger partial charge in [-0.2, -0.15) is 0 Å². The Balaban J connectivity index is 1.12. The van der Waals surface area contributed by atoms with E-state index >= 15 is 0 Å². The molecule has 4 aromatic carbocycles. The average molecular weight is 547 g/mol. The molecule has 0 aliphatic heterocycles. The standard InChI is InChI=1S/C34H29NO6/c36-32(37)18-17-31(33(38)40-19-29-25-13-5-1-9-21(25)22-10-2-6-14-26(22)29)35-34(39)41-20-30-27-15-7-3-11-23(27)24-12-4-8-16-28(24)30/h1-16,29-31H,17-20H2,(H,35,39)(H,36,37)/p-1. The number of carboxylic acid groups (broad SMARTS) is 1. The molecule has 0 saturated heterocycles. The summed E-state index contributed by atoms with van der Waals surface area (Å²) in [5, 5.41) is 13.7. The molecule has 6 rings (SSSR count). The van der Waals surface area contributed by atoms with Gasteiger partial charge in [0.05, 0.1) is 0 Å². The Morgan fingerprint density at radius 2 is 1.02 bits per heavy atom. The number of amides is 1. The van der Waals surface area contributed by atoms with E-state index in [0.29, 0.717) is 0 Å². The second-order valence-electron chi connectivity index (χ2n) is 10.3. The minimum absolute atomic E-state index is 0.0566. The van der Waals surface area contributed by atoms with Crippen molar-refractivity contribution >= 4 is 18.0 Å². The number of aliphatic carboxylic acids is 1. The molecule has 1 atom stereocenters. The molecule has 0 bridgehead atoms. The number of hydrogen-bond donors (Lipinski definition) is 1. The second kappa shape index (κ2) is 11.3. The van der Waals surface area contributed by atoms with Gasteiger partial charge in [-0.1, -0.05) is 97.1 Å². The van der Waals surface area contributed by atoms with Crippen LogP contribution in [0.1, 0.15) is 46.9 Å². The number of esters is 1. The highest BCUT2D eigenvalue weighted by Gasteiger charge is 2.32. The van der Waals surface area contributed by atoms with Crippen LogP contribution in [0.4, 0.5) is 4.79 Å². The van der Waals surface area contributed by atoms with Gasteiger partial charge in [0, 0.05) is 17.8 Å². The molecule has 1 N–H and O–H groups in total. The molecule has 0 spiro atoms. The predicted molar refractivity (Wildman–Crippen MR) is 151 cm³/mol. The van der Waals surface area contributed by atoms with Gasteiger partial charge in [0.1, 0.15) is 19.3 Å². The highest BCUT2D eigenvalue weighted by molar-refractivity contribution is 5.83. The second-order valence-corrected chi connectivity index (χ2v) is 10.3. The summed E-state index contributed by atoms with van der Waals surface area (Å²) in [6, 6.07) is 30.7. The molecule has 7 nitrogen and oxygen atoms in total. The summed E-state index contributed by atoms with van der Waals surface area (Å²) in [5.74, 6) is -2.36. The number of nitrogens with one attached hydrogen (secondary N) is 1. The normalized spacial score (nSPS) is 13.9. The molecule has 0 radical (unpaired) electrons. The molecule has 2 aliphatic carbocycles. The number of ether oxygens (including phenoxy) is 2. The number of alkyl carbamates (subject to hydrolysis) is 1. The van der Waals surface area contributed by atoms with Crippen molar-refractivity contribution in [3.8, 4) is 22.3 Å². The van der Waals surface area contributed by atoms with E-state index in [1.807, 2.05) is 97.1 Å². The van der Waals surface area contributed by atoms with Crippen molar-refractivity contribution in [2.75, 3.05) is 13.2 Å². The van der Waals surface area contributed by atoms with Crippen molar-refractivity contribution in [1.82, 2.24) is 5.32 Å². The van der Waals surface area contributed by atoms with Crippen LogP contribution in [0.2, 0.25) is 0 Å². The first-order valence-electron chi connectivity index (χ1n) is 13.7. The van der Waals surface area contributed by atoms with E-state index in [2.05, 4.69) is 5.32 Å². The van der Waals surface area contributed by atoms with Crippen LogP contribution in [0.25, 0.3) is 22.3 Å². The van der Waals surface area contributed by atoms with Crippen molar-refractivity contribution < 1.29 is 29.0 Å². The summed E-state index contributed by atoms with van der Waals surface area (Å²) in [4.78, 5) is 37.2. The Hall–Kier alpha value is -4.91. The lowest BCUT2D eigenvalue weighted by Crippen LogP contribution is -2.43. The number of carbonyl (C=O) groups is 3. The lowest BCUT2D eigenvalue weighted by molar-refractivity contribution is -0.305. The maximum atomic E-state index is 13.2. The van der Waals surface area contributed by atoms with E-state index in [1.165, 1.54) is 0 Å². The van der Waals surface area contributed by atoms with Gasteiger partial charge in [-0.3, -0.25) is 0 Å². The molecule has 0 saturated carbocycles. The van der Waals surface area contributed by atoms with Crippen LogP contribution >= 0.6 is 0 Å². The molecular weight excluding hydrogens is 518 g/mol. The van der Waals surface area contributed by atoms with E-state index < -0.39 is 30.5 Å². The fourth-order valence-corrected chi connectivity index (χ4v) is 6.00. The highest BCUT2D eigenvalue weighted by atomic mass is 16.6. The zero-order valence-corrected chi connectivity index (χ0v) is 22.2. The van der Waals surface area contributed by atoms with Gasteiger partial charge in [0.25, 0.3) is 0 Å². The number of benzene rings is 4. The molecule has 7 heteroatoms. The monoisotopic (exact) mass is 546 g/mol. The van der Waals surface area contributed by atoms with Crippen molar-refractivity contribution in [2.45, 2.75) is 30.7 Å². The van der Waals surface area contributed by atoms with Crippen molar-refractivity contribution in [1.29, 1.82) is 0 Å². The SMILES string of the molecule is O=C([O-])CCC(NC(=O)OCC1c2ccccc2-c2ccccc21)C(=O)OCC1c2ccccc2-c2ccccc21. The molecule has 1 unspecified atom stereocenters. The maximum absolute atomic E-state index is 13.2. The molecule has 0 heterocycles. The third-order valence-corrected chi connectivity index (χ3v) is 7.91. The summed E-state index contributed by atoms with van der Waals surface area (Å²) < 4.78 is 11.3. The molecule has 41 heavy (non-hydrogen) atoms. The van der Waals surface area contributed by atoms with Crippen LogP contribution < -0.4 is 10.4 Å². The van der Waals surface area contributed by atoms with Gasteiger partial charge in [0.2, 0.25) is 0 Å². The summed E-state index contributed by atoms with van der Waals surface area (Å²) in [6.07, 6.45) is -1.41. The van der Waals surface area contributed by atoms with Crippen LogP contribution in [-0.2, 0) is 19.1 Å². The molecule has 206 valence electrons. The molecular formula is C34H28NO6-.